The van der Waals surface area contributed by atoms with E-state index >= 15 is 0 Å². The lowest BCUT2D eigenvalue weighted by Gasteiger charge is -2.20. The second kappa shape index (κ2) is 6.03. The van der Waals surface area contributed by atoms with Crippen LogP contribution < -0.4 is 10.1 Å². The van der Waals surface area contributed by atoms with Crippen molar-refractivity contribution < 1.29 is 9.53 Å². The van der Waals surface area contributed by atoms with E-state index in [2.05, 4.69) is 5.32 Å². The number of benzene rings is 1. The van der Waals surface area contributed by atoms with Crippen LogP contribution in [0.2, 0.25) is 0 Å². The summed E-state index contributed by atoms with van der Waals surface area (Å²) in [5.74, 6) is 0.851. The highest BCUT2D eigenvalue weighted by atomic mass is 35.5. The van der Waals surface area contributed by atoms with Gasteiger partial charge in [-0.3, -0.25) is 0 Å². The number of hydrogen-bond acceptors (Lipinski definition) is 3. The van der Waals surface area contributed by atoms with Crippen molar-refractivity contribution >= 4 is 18.7 Å². The fourth-order valence-electron chi connectivity index (χ4n) is 2.25. The number of halogens is 1. The molecule has 0 amide bonds. The summed E-state index contributed by atoms with van der Waals surface area (Å²) in [5.41, 5.74) is 0.946. The molecule has 1 aromatic rings. The monoisotopic (exact) mass is 255 g/mol. The summed E-state index contributed by atoms with van der Waals surface area (Å²) >= 11 is 0. The quantitative estimate of drug-likeness (QED) is 0.835. The van der Waals surface area contributed by atoms with Crippen LogP contribution in [-0.2, 0) is 11.2 Å². The van der Waals surface area contributed by atoms with E-state index in [0.29, 0.717) is 0 Å². The van der Waals surface area contributed by atoms with Gasteiger partial charge in [0.1, 0.15) is 12.0 Å². The van der Waals surface area contributed by atoms with Crippen LogP contribution in [0.5, 0.6) is 5.75 Å². The predicted molar refractivity (Wildman–Crippen MR) is 69.9 cm³/mol. The van der Waals surface area contributed by atoms with E-state index in [1.54, 1.807) is 7.11 Å². The van der Waals surface area contributed by atoms with Gasteiger partial charge >= 0.3 is 0 Å². The third-order valence-corrected chi connectivity index (χ3v) is 3.22. The van der Waals surface area contributed by atoms with Crippen molar-refractivity contribution in [3.63, 3.8) is 0 Å². The van der Waals surface area contributed by atoms with Gasteiger partial charge < -0.3 is 14.8 Å². The standard InChI is InChI=1S/C13H17NO2.ClH/c1-16-12-4-2-3-11(7-12)8-13(10-15)5-6-14-9-13;/h2-4,7,10,14H,5-6,8-9H2,1H3;1H. The Morgan fingerprint density at radius 3 is 2.94 bits per heavy atom. The maximum atomic E-state index is 11.2. The number of aldehydes is 1. The van der Waals surface area contributed by atoms with Crippen molar-refractivity contribution in [3.8, 4) is 5.75 Å². The van der Waals surface area contributed by atoms with Crippen molar-refractivity contribution in [1.82, 2.24) is 5.32 Å². The smallest absolute Gasteiger partial charge is 0.127 e. The largest absolute Gasteiger partial charge is 0.497 e. The first-order chi connectivity index (χ1) is 7.78. The van der Waals surface area contributed by atoms with Gasteiger partial charge in [-0.15, -0.1) is 12.4 Å². The SMILES string of the molecule is COc1cccc(CC2(C=O)CCNC2)c1.Cl. The molecule has 0 radical (unpaired) electrons. The van der Waals surface area contributed by atoms with Gasteiger partial charge in [-0.1, -0.05) is 12.1 Å². The molecule has 17 heavy (non-hydrogen) atoms. The Morgan fingerprint density at radius 2 is 2.35 bits per heavy atom. The molecule has 1 aromatic carbocycles. The Labute approximate surface area is 108 Å². The molecule has 1 fully saturated rings. The van der Waals surface area contributed by atoms with E-state index in [1.807, 2.05) is 24.3 Å². The van der Waals surface area contributed by atoms with E-state index in [0.717, 1.165) is 43.5 Å². The van der Waals surface area contributed by atoms with E-state index in [4.69, 9.17) is 4.74 Å². The van der Waals surface area contributed by atoms with Gasteiger partial charge in [-0.2, -0.15) is 0 Å². The van der Waals surface area contributed by atoms with Gasteiger partial charge in [-0.05, 0) is 37.1 Å². The number of hydrogen-bond donors (Lipinski definition) is 1. The summed E-state index contributed by atoms with van der Waals surface area (Å²) < 4.78 is 5.18. The van der Waals surface area contributed by atoms with E-state index in [9.17, 15) is 4.79 Å². The third-order valence-electron chi connectivity index (χ3n) is 3.22. The normalized spacial score (nSPS) is 22.9. The van der Waals surface area contributed by atoms with Crippen LogP contribution >= 0.6 is 12.4 Å². The molecule has 0 saturated carbocycles. The highest BCUT2D eigenvalue weighted by Crippen LogP contribution is 2.28. The first-order valence-corrected chi connectivity index (χ1v) is 5.58. The molecule has 1 unspecified atom stereocenters. The molecule has 0 spiro atoms. The Morgan fingerprint density at radius 1 is 1.53 bits per heavy atom. The van der Waals surface area contributed by atoms with Crippen LogP contribution in [0.3, 0.4) is 0 Å². The van der Waals surface area contributed by atoms with Crippen LogP contribution in [0.15, 0.2) is 24.3 Å². The van der Waals surface area contributed by atoms with Crippen LogP contribution in [-0.4, -0.2) is 26.5 Å². The van der Waals surface area contributed by atoms with Gasteiger partial charge in [0.25, 0.3) is 0 Å². The minimum Gasteiger partial charge on any atom is -0.497 e. The van der Waals surface area contributed by atoms with Crippen molar-refractivity contribution in [2.24, 2.45) is 5.41 Å². The summed E-state index contributed by atoms with van der Waals surface area (Å²) in [4.78, 5) is 11.2. The summed E-state index contributed by atoms with van der Waals surface area (Å²) in [7, 11) is 1.66. The number of rotatable bonds is 4. The van der Waals surface area contributed by atoms with E-state index < -0.39 is 0 Å². The first-order valence-electron chi connectivity index (χ1n) is 5.58. The lowest BCUT2D eigenvalue weighted by molar-refractivity contribution is -0.115. The molecule has 94 valence electrons. The van der Waals surface area contributed by atoms with E-state index in [-0.39, 0.29) is 17.8 Å². The second-order valence-electron chi connectivity index (χ2n) is 4.44. The molecule has 1 atom stereocenters. The number of carbonyl (C=O) groups excluding carboxylic acids is 1. The van der Waals surface area contributed by atoms with Gasteiger partial charge in [0, 0.05) is 12.0 Å². The molecule has 1 aliphatic rings. The van der Waals surface area contributed by atoms with E-state index in [1.165, 1.54) is 0 Å². The molecular formula is C13H18ClNO2. The molecule has 0 aliphatic carbocycles. The lowest BCUT2D eigenvalue weighted by Crippen LogP contribution is -2.28. The number of nitrogens with one attached hydrogen (secondary N) is 1. The molecule has 1 heterocycles. The maximum absolute atomic E-state index is 11.2. The third kappa shape index (κ3) is 3.20. The number of methoxy groups -OCH3 is 1. The van der Waals surface area contributed by atoms with Crippen LogP contribution in [0.1, 0.15) is 12.0 Å². The second-order valence-corrected chi connectivity index (χ2v) is 4.44. The zero-order valence-electron chi connectivity index (χ0n) is 9.94. The molecule has 1 N–H and O–H groups in total. The average Bonchev–Trinajstić information content (AvgIpc) is 2.78. The highest BCUT2D eigenvalue weighted by molar-refractivity contribution is 5.85. The molecule has 0 bridgehead atoms. The Balaban J connectivity index is 0.00000144. The molecule has 2 rings (SSSR count). The molecule has 3 nitrogen and oxygen atoms in total. The molecular weight excluding hydrogens is 238 g/mol. The minimum absolute atomic E-state index is 0. The molecule has 1 saturated heterocycles. The maximum Gasteiger partial charge on any atom is 0.127 e. The minimum atomic E-state index is -0.216. The summed E-state index contributed by atoms with van der Waals surface area (Å²) in [6, 6.07) is 7.94. The van der Waals surface area contributed by atoms with Gasteiger partial charge in [0.2, 0.25) is 0 Å². The topological polar surface area (TPSA) is 38.3 Å². The zero-order valence-corrected chi connectivity index (χ0v) is 10.8. The van der Waals surface area contributed by atoms with Crippen LogP contribution in [0, 0.1) is 5.41 Å². The summed E-state index contributed by atoms with van der Waals surface area (Å²) in [6.07, 6.45) is 2.82. The lowest BCUT2D eigenvalue weighted by atomic mass is 9.82. The first kappa shape index (κ1) is 14.0. The zero-order chi connectivity index (χ0) is 11.4. The van der Waals surface area contributed by atoms with Crippen LogP contribution in [0.25, 0.3) is 0 Å². The number of carbonyl (C=O) groups is 1. The fraction of sp³-hybridized carbons (Fsp3) is 0.462. The number of ether oxygens (including phenoxy) is 1. The Kier molecular flexibility index (Phi) is 4.97. The molecule has 1 aliphatic heterocycles. The molecule has 4 heteroatoms. The van der Waals surface area contributed by atoms with Gasteiger partial charge in [0.05, 0.1) is 7.11 Å². The van der Waals surface area contributed by atoms with Crippen molar-refractivity contribution in [3.05, 3.63) is 29.8 Å². The Hall–Kier alpha value is -1.06. The van der Waals surface area contributed by atoms with Crippen molar-refractivity contribution in [2.45, 2.75) is 12.8 Å². The molecule has 0 aromatic heterocycles. The van der Waals surface area contributed by atoms with Gasteiger partial charge in [0.15, 0.2) is 0 Å². The Bertz CT molecular complexity index is 375. The van der Waals surface area contributed by atoms with Crippen molar-refractivity contribution in [2.75, 3.05) is 20.2 Å². The summed E-state index contributed by atoms with van der Waals surface area (Å²) in [6.45, 7) is 1.72. The predicted octanol–water partition coefficient (Wildman–Crippen LogP) is 1.84. The summed E-state index contributed by atoms with van der Waals surface area (Å²) in [5, 5.41) is 3.25. The van der Waals surface area contributed by atoms with Crippen molar-refractivity contribution in [1.29, 1.82) is 0 Å². The highest BCUT2D eigenvalue weighted by Gasteiger charge is 2.33. The van der Waals surface area contributed by atoms with Gasteiger partial charge in [-0.25, -0.2) is 0 Å². The fourth-order valence-corrected chi connectivity index (χ4v) is 2.25. The van der Waals surface area contributed by atoms with Crippen LogP contribution in [0.4, 0.5) is 0 Å². The average molecular weight is 256 g/mol.